The Balaban J connectivity index is 2.80. The normalized spacial score (nSPS) is 11.4. The summed E-state index contributed by atoms with van der Waals surface area (Å²) in [7, 11) is 0. The third kappa shape index (κ3) is 1.22. The third-order valence-electron chi connectivity index (χ3n) is 2.20. The van der Waals surface area contributed by atoms with Gasteiger partial charge in [0.1, 0.15) is 11.4 Å². The first-order chi connectivity index (χ1) is 6.20. The number of furan rings is 1. The van der Waals surface area contributed by atoms with Crippen molar-refractivity contribution in [1.29, 1.82) is 0 Å². The molecule has 0 fully saturated rings. The van der Waals surface area contributed by atoms with Crippen molar-refractivity contribution in [3.8, 4) is 0 Å². The van der Waals surface area contributed by atoms with E-state index in [4.69, 9.17) is 4.42 Å². The minimum atomic E-state index is -0.149. The number of benzene rings is 1. The Morgan fingerprint density at radius 3 is 2.69 bits per heavy atom. The highest BCUT2D eigenvalue weighted by Crippen LogP contribution is 2.28. The van der Waals surface area contributed by atoms with Crippen LogP contribution in [-0.4, -0.2) is 0 Å². The lowest BCUT2D eigenvalue weighted by Gasteiger charge is -2.07. The lowest BCUT2D eigenvalue weighted by molar-refractivity contribution is 0.594. The zero-order chi connectivity index (χ0) is 9.42. The molecule has 2 aromatic rings. The Bertz CT molecular complexity index is 429. The van der Waals surface area contributed by atoms with Crippen LogP contribution in [0.2, 0.25) is 0 Å². The fourth-order valence-corrected chi connectivity index (χ4v) is 1.63. The average Bonchev–Trinajstić information content (AvgIpc) is 2.50. The molecule has 1 aromatic carbocycles. The molecule has 2 rings (SSSR count). The van der Waals surface area contributed by atoms with E-state index in [9.17, 15) is 4.39 Å². The molecule has 0 saturated carbocycles. The predicted octanol–water partition coefficient (Wildman–Crippen LogP) is 3.70. The van der Waals surface area contributed by atoms with E-state index in [1.54, 1.807) is 12.3 Å². The Labute approximate surface area is 76.2 Å². The van der Waals surface area contributed by atoms with Crippen LogP contribution in [0, 0.1) is 5.82 Å². The molecule has 0 atom stereocenters. The van der Waals surface area contributed by atoms with Crippen molar-refractivity contribution in [1.82, 2.24) is 0 Å². The minimum Gasteiger partial charge on any atom is -0.464 e. The second kappa shape index (κ2) is 2.87. The van der Waals surface area contributed by atoms with Gasteiger partial charge in [-0.25, -0.2) is 4.39 Å². The molecule has 0 aliphatic heterocycles. The summed E-state index contributed by atoms with van der Waals surface area (Å²) >= 11 is 0. The largest absolute Gasteiger partial charge is 0.464 e. The van der Waals surface area contributed by atoms with Crippen molar-refractivity contribution in [3.05, 3.63) is 35.8 Å². The summed E-state index contributed by atoms with van der Waals surface area (Å²) in [5.74, 6) is 0.0326. The van der Waals surface area contributed by atoms with E-state index in [1.807, 2.05) is 19.9 Å². The van der Waals surface area contributed by atoms with Crippen LogP contribution < -0.4 is 0 Å². The first-order valence-electron chi connectivity index (χ1n) is 4.35. The van der Waals surface area contributed by atoms with Crippen molar-refractivity contribution < 1.29 is 8.81 Å². The number of halogens is 1. The Morgan fingerprint density at radius 1 is 1.23 bits per heavy atom. The average molecular weight is 178 g/mol. The van der Waals surface area contributed by atoms with Gasteiger partial charge in [0.2, 0.25) is 0 Å². The smallest absolute Gasteiger partial charge is 0.134 e. The zero-order valence-corrected chi connectivity index (χ0v) is 7.67. The van der Waals surface area contributed by atoms with E-state index in [1.165, 1.54) is 6.07 Å². The van der Waals surface area contributed by atoms with E-state index >= 15 is 0 Å². The summed E-state index contributed by atoms with van der Waals surface area (Å²) in [6.07, 6.45) is 1.59. The molecule has 13 heavy (non-hydrogen) atoms. The minimum absolute atomic E-state index is 0.149. The molecule has 0 N–H and O–H groups in total. The van der Waals surface area contributed by atoms with Crippen molar-refractivity contribution >= 4 is 11.0 Å². The number of fused-ring (bicyclic) bond motifs is 1. The Hall–Kier alpha value is -1.31. The second-order valence-corrected chi connectivity index (χ2v) is 3.45. The lowest BCUT2D eigenvalue weighted by Crippen LogP contribution is -1.92. The molecule has 0 radical (unpaired) electrons. The Kier molecular flexibility index (Phi) is 1.83. The topological polar surface area (TPSA) is 13.1 Å². The Morgan fingerprint density at radius 2 is 2.00 bits per heavy atom. The van der Waals surface area contributed by atoms with Gasteiger partial charge in [0.25, 0.3) is 0 Å². The molecule has 0 unspecified atom stereocenters. The molecule has 0 spiro atoms. The van der Waals surface area contributed by atoms with E-state index < -0.39 is 0 Å². The lowest BCUT2D eigenvalue weighted by atomic mass is 9.99. The van der Waals surface area contributed by atoms with Crippen LogP contribution in [0.1, 0.15) is 25.3 Å². The highest BCUT2D eigenvalue weighted by Gasteiger charge is 2.12. The molecule has 0 bridgehead atoms. The molecule has 1 nitrogen and oxygen atoms in total. The van der Waals surface area contributed by atoms with E-state index in [2.05, 4.69) is 0 Å². The fourth-order valence-electron chi connectivity index (χ4n) is 1.63. The van der Waals surface area contributed by atoms with Crippen LogP contribution in [0.3, 0.4) is 0 Å². The van der Waals surface area contributed by atoms with Crippen molar-refractivity contribution in [2.45, 2.75) is 19.8 Å². The van der Waals surface area contributed by atoms with Crippen LogP contribution in [0.15, 0.2) is 28.9 Å². The maximum atomic E-state index is 13.4. The van der Waals surface area contributed by atoms with E-state index in [0.29, 0.717) is 0 Å². The van der Waals surface area contributed by atoms with Gasteiger partial charge in [0.15, 0.2) is 0 Å². The van der Waals surface area contributed by atoms with Gasteiger partial charge >= 0.3 is 0 Å². The maximum Gasteiger partial charge on any atom is 0.134 e. The first kappa shape index (κ1) is 8.30. The third-order valence-corrected chi connectivity index (χ3v) is 2.20. The summed E-state index contributed by atoms with van der Waals surface area (Å²) < 4.78 is 18.6. The summed E-state index contributed by atoms with van der Waals surface area (Å²) in [5.41, 5.74) is 1.50. The summed E-state index contributed by atoms with van der Waals surface area (Å²) in [5, 5.41) is 0.884. The molecule has 0 aliphatic carbocycles. The maximum absolute atomic E-state index is 13.4. The van der Waals surface area contributed by atoms with Gasteiger partial charge in [-0.3, -0.25) is 0 Å². The van der Waals surface area contributed by atoms with E-state index in [0.717, 1.165) is 16.5 Å². The molecule has 0 amide bonds. The monoisotopic (exact) mass is 178 g/mol. The van der Waals surface area contributed by atoms with Crippen molar-refractivity contribution in [2.24, 2.45) is 0 Å². The highest BCUT2D eigenvalue weighted by atomic mass is 19.1. The standard InChI is InChI=1S/C11H11FO/c1-7(2)11-8-5-6-13-10(8)4-3-9(11)12/h3-7H,1-2H3. The predicted molar refractivity (Wildman–Crippen MR) is 50.3 cm³/mol. The SMILES string of the molecule is CC(C)c1c(F)ccc2occc12. The molecular weight excluding hydrogens is 167 g/mol. The second-order valence-electron chi connectivity index (χ2n) is 3.45. The van der Waals surface area contributed by atoms with Gasteiger partial charge in [-0.05, 0) is 24.1 Å². The van der Waals surface area contributed by atoms with E-state index in [-0.39, 0.29) is 11.7 Å². The molecule has 0 aliphatic rings. The summed E-state index contributed by atoms with van der Waals surface area (Å²) in [6, 6.07) is 4.94. The van der Waals surface area contributed by atoms with Crippen molar-refractivity contribution in [3.63, 3.8) is 0 Å². The number of hydrogen-bond donors (Lipinski definition) is 0. The van der Waals surface area contributed by atoms with Crippen molar-refractivity contribution in [2.75, 3.05) is 0 Å². The molecule has 1 aromatic heterocycles. The van der Waals surface area contributed by atoms with Gasteiger partial charge in [-0.15, -0.1) is 0 Å². The van der Waals surface area contributed by atoms with Gasteiger partial charge in [0.05, 0.1) is 6.26 Å². The number of rotatable bonds is 1. The molecule has 68 valence electrons. The van der Waals surface area contributed by atoms with Crippen LogP contribution >= 0.6 is 0 Å². The van der Waals surface area contributed by atoms with Gasteiger partial charge in [-0.2, -0.15) is 0 Å². The van der Waals surface area contributed by atoms with Gasteiger partial charge < -0.3 is 4.42 Å². The number of hydrogen-bond acceptors (Lipinski definition) is 1. The highest BCUT2D eigenvalue weighted by molar-refractivity contribution is 5.81. The summed E-state index contributed by atoms with van der Waals surface area (Å²) in [6.45, 7) is 3.95. The molecule has 0 saturated heterocycles. The zero-order valence-electron chi connectivity index (χ0n) is 7.67. The van der Waals surface area contributed by atoms with Crippen LogP contribution in [0.4, 0.5) is 4.39 Å². The van der Waals surface area contributed by atoms with Gasteiger partial charge in [-0.1, -0.05) is 13.8 Å². The first-order valence-corrected chi connectivity index (χ1v) is 4.35. The van der Waals surface area contributed by atoms with Crippen LogP contribution in [0.25, 0.3) is 11.0 Å². The van der Waals surface area contributed by atoms with Crippen LogP contribution in [0.5, 0.6) is 0 Å². The quantitative estimate of drug-likeness (QED) is 0.649. The molecule has 1 heterocycles. The molecule has 2 heteroatoms. The van der Waals surface area contributed by atoms with Crippen LogP contribution in [-0.2, 0) is 0 Å². The molecular formula is C11H11FO. The van der Waals surface area contributed by atoms with Gasteiger partial charge in [0, 0.05) is 10.9 Å². The fraction of sp³-hybridized carbons (Fsp3) is 0.273. The summed E-state index contributed by atoms with van der Waals surface area (Å²) in [4.78, 5) is 0.